The number of carbonyl (C=O) groups excluding carboxylic acids is 1. The number of carboxylic acids is 1. The summed E-state index contributed by atoms with van der Waals surface area (Å²) in [6.07, 6.45) is 4.02. The Bertz CT molecular complexity index is 302. The molecule has 1 rings (SSSR count). The van der Waals surface area contributed by atoms with Crippen LogP contribution in [0.5, 0.6) is 0 Å². The lowest BCUT2D eigenvalue weighted by Crippen LogP contribution is -2.48. The van der Waals surface area contributed by atoms with Crippen molar-refractivity contribution in [1.82, 2.24) is 0 Å². The van der Waals surface area contributed by atoms with Gasteiger partial charge in [-0.1, -0.05) is 25.5 Å². The van der Waals surface area contributed by atoms with E-state index in [-0.39, 0.29) is 0 Å². The summed E-state index contributed by atoms with van der Waals surface area (Å²) in [5, 5.41) is 9.22. The molecule has 0 spiro atoms. The van der Waals surface area contributed by atoms with Crippen LogP contribution in [0.1, 0.15) is 33.6 Å². The van der Waals surface area contributed by atoms with Crippen LogP contribution in [-0.2, 0) is 9.59 Å². The smallest absolute Gasteiger partial charge is 0.321 e. The van der Waals surface area contributed by atoms with Gasteiger partial charge in [0.2, 0.25) is 0 Å². The van der Waals surface area contributed by atoms with Gasteiger partial charge in [0.1, 0.15) is 11.7 Å². The molecule has 0 saturated heterocycles. The molecule has 0 heterocycles. The molecule has 0 aromatic carbocycles. The van der Waals surface area contributed by atoms with Crippen LogP contribution in [0.15, 0.2) is 11.6 Å². The second kappa shape index (κ2) is 3.23. The zero-order valence-corrected chi connectivity index (χ0v) is 8.83. The van der Waals surface area contributed by atoms with Gasteiger partial charge in [0, 0.05) is 0 Å². The van der Waals surface area contributed by atoms with Gasteiger partial charge >= 0.3 is 5.97 Å². The van der Waals surface area contributed by atoms with Crippen molar-refractivity contribution in [2.75, 3.05) is 0 Å². The molecule has 0 fully saturated rings. The minimum atomic E-state index is -1.33. The zero-order valence-electron chi connectivity index (χ0n) is 8.83. The first-order valence-electron chi connectivity index (χ1n) is 4.75. The van der Waals surface area contributed by atoms with E-state index < -0.39 is 16.8 Å². The summed E-state index contributed by atoms with van der Waals surface area (Å²) in [5.74, 6) is -1.04. The molecule has 1 aliphatic carbocycles. The second-order valence-corrected chi connectivity index (χ2v) is 4.54. The molecule has 0 aliphatic heterocycles. The van der Waals surface area contributed by atoms with Crippen LogP contribution in [0.3, 0.4) is 0 Å². The predicted octanol–water partition coefficient (Wildman–Crippen LogP) is 2.02. The van der Waals surface area contributed by atoms with Gasteiger partial charge in [-0.15, -0.1) is 0 Å². The molecule has 1 atom stereocenters. The summed E-state index contributed by atoms with van der Waals surface area (Å²) in [6.45, 7) is 5.40. The maximum Gasteiger partial charge on any atom is 0.321 e. The number of aldehydes is 1. The first-order chi connectivity index (χ1) is 6.38. The molecule has 0 bridgehead atoms. The van der Waals surface area contributed by atoms with Crippen LogP contribution < -0.4 is 0 Å². The lowest BCUT2D eigenvalue weighted by Gasteiger charge is -2.43. The molecule has 3 nitrogen and oxygen atoms in total. The van der Waals surface area contributed by atoms with E-state index in [1.807, 2.05) is 19.9 Å². The van der Waals surface area contributed by atoms with E-state index in [0.717, 1.165) is 12.8 Å². The van der Waals surface area contributed by atoms with Crippen LogP contribution in [0, 0.1) is 10.8 Å². The standard InChI is InChI=1S/C11H16O3/c1-8-5-4-6-10(2,3)11(8,7-12)9(13)14/h5,7H,4,6H2,1-3H3,(H,13,14). The second-order valence-electron chi connectivity index (χ2n) is 4.54. The van der Waals surface area contributed by atoms with Gasteiger partial charge in [-0.2, -0.15) is 0 Å². The van der Waals surface area contributed by atoms with Crippen LogP contribution in [-0.4, -0.2) is 17.4 Å². The number of rotatable bonds is 2. The highest BCUT2D eigenvalue weighted by molar-refractivity contribution is 5.97. The van der Waals surface area contributed by atoms with Gasteiger partial charge in [0.15, 0.2) is 0 Å². The van der Waals surface area contributed by atoms with Crippen LogP contribution in [0.2, 0.25) is 0 Å². The minimum Gasteiger partial charge on any atom is -0.480 e. The number of hydrogen-bond donors (Lipinski definition) is 1. The van der Waals surface area contributed by atoms with Gasteiger partial charge in [-0.3, -0.25) is 4.79 Å². The maximum atomic E-state index is 11.3. The van der Waals surface area contributed by atoms with Gasteiger partial charge in [-0.25, -0.2) is 0 Å². The molecule has 0 radical (unpaired) electrons. The lowest BCUT2D eigenvalue weighted by molar-refractivity contribution is -0.156. The maximum absolute atomic E-state index is 11.3. The van der Waals surface area contributed by atoms with Crippen molar-refractivity contribution in [2.45, 2.75) is 33.6 Å². The number of hydrogen-bond acceptors (Lipinski definition) is 2. The van der Waals surface area contributed by atoms with Crippen molar-refractivity contribution in [3.8, 4) is 0 Å². The van der Waals surface area contributed by atoms with Crippen molar-refractivity contribution < 1.29 is 14.7 Å². The van der Waals surface area contributed by atoms with Gasteiger partial charge < -0.3 is 9.90 Å². The summed E-state index contributed by atoms with van der Waals surface area (Å²) in [5.41, 5.74) is -1.17. The average Bonchev–Trinajstić information content (AvgIpc) is 2.03. The number of allylic oxidation sites excluding steroid dienone is 1. The summed E-state index contributed by atoms with van der Waals surface area (Å²) in [4.78, 5) is 22.4. The zero-order chi connectivity index (χ0) is 11.0. The highest BCUT2D eigenvalue weighted by Gasteiger charge is 2.53. The number of carbonyl (C=O) groups is 2. The fraction of sp³-hybridized carbons (Fsp3) is 0.636. The largest absolute Gasteiger partial charge is 0.480 e. The Labute approximate surface area is 83.8 Å². The van der Waals surface area contributed by atoms with E-state index in [1.165, 1.54) is 0 Å². The van der Waals surface area contributed by atoms with Gasteiger partial charge in [0.25, 0.3) is 0 Å². The van der Waals surface area contributed by atoms with E-state index in [9.17, 15) is 14.7 Å². The third-order valence-corrected chi connectivity index (χ3v) is 3.42. The van der Waals surface area contributed by atoms with E-state index in [2.05, 4.69) is 0 Å². The van der Waals surface area contributed by atoms with Gasteiger partial charge in [-0.05, 0) is 25.2 Å². The predicted molar refractivity (Wildman–Crippen MR) is 52.9 cm³/mol. The molecule has 78 valence electrons. The fourth-order valence-electron chi connectivity index (χ4n) is 2.30. The number of carboxylic acid groups (broad SMARTS) is 1. The monoisotopic (exact) mass is 196 g/mol. The van der Waals surface area contributed by atoms with Crippen molar-refractivity contribution >= 4 is 12.3 Å². The van der Waals surface area contributed by atoms with E-state index in [4.69, 9.17) is 0 Å². The Morgan fingerprint density at radius 3 is 2.43 bits per heavy atom. The van der Waals surface area contributed by atoms with Crippen LogP contribution in [0.25, 0.3) is 0 Å². The van der Waals surface area contributed by atoms with Crippen molar-refractivity contribution in [3.05, 3.63) is 11.6 Å². The van der Waals surface area contributed by atoms with Crippen molar-refractivity contribution in [3.63, 3.8) is 0 Å². The van der Waals surface area contributed by atoms with E-state index in [1.54, 1.807) is 6.92 Å². The van der Waals surface area contributed by atoms with E-state index >= 15 is 0 Å². The highest BCUT2D eigenvalue weighted by Crippen LogP contribution is 2.49. The summed E-state index contributed by atoms with van der Waals surface area (Å²) in [7, 11) is 0. The third-order valence-electron chi connectivity index (χ3n) is 3.42. The van der Waals surface area contributed by atoms with E-state index in [0.29, 0.717) is 11.9 Å². The third kappa shape index (κ3) is 1.19. The Morgan fingerprint density at radius 1 is 1.57 bits per heavy atom. The molecule has 0 aromatic heterocycles. The van der Waals surface area contributed by atoms with Crippen molar-refractivity contribution in [2.24, 2.45) is 10.8 Å². The minimum absolute atomic E-state index is 0.501. The fourth-order valence-corrected chi connectivity index (χ4v) is 2.30. The lowest BCUT2D eigenvalue weighted by atomic mass is 9.58. The van der Waals surface area contributed by atoms with Crippen molar-refractivity contribution in [1.29, 1.82) is 0 Å². The first kappa shape index (κ1) is 11.0. The molecule has 0 saturated carbocycles. The Morgan fingerprint density at radius 2 is 2.14 bits per heavy atom. The topological polar surface area (TPSA) is 54.4 Å². The molecule has 1 unspecified atom stereocenters. The Kier molecular flexibility index (Phi) is 2.52. The average molecular weight is 196 g/mol. The number of aliphatic carboxylic acids is 1. The summed E-state index contributed by atoms with van der Waals surface area (Å²) >= 11 is 0. The summed E-state index contributed by atoms with van der Waals surface area (Å²) in [6, 6.07) is 0. The SMILES string of the molecule is CC1=CCCC(C)(C)C1(C=O)C(=O)O. The molecule has 0 aromatic rings. The van der Waals surface area contributed by atoms with Crippen LogP contribution >= 0.6 is 0 Å². The highest BCUT2D eigenvalue weighted by atomic mass is 16.4. The molecule has 0 amide bonds. The molecular weight excluding hydrogens is 180 g/mol. The normalized spacial score (nSPS) is 30.6. The Balaban J connectivity index is 3.36. The van der Waals surface area contributed by atoms with Crippen LogP contribution in [0.4, 0.5) is 0 Å². The Hall–Kier alpha value is -1.12. The molecule has 1 aliphatic rings. The molecule has 1 N–H and O–H groups in total. The molecular formula is C11H16O3. The molecule has 14 heavy (non-hydrogen) atoms. The summed E-state index contributed by atoms with van der Waals surface area (Å²) < 4.78 is 0. The molecule has 3 heteroatoms. The quantitative estimate of drug-likeness (QED) is 0.417. The first-order valence-corrected chi connectivity index (χ1v) is 4.75. The van der Waals surface area contributed by atoms with Gasteiger partial charge in [0.05, 0.1) is 0 Å².